The monoisotopic (exact) mass is 209 g/mol. The summed E-state index contributed by atoms with van der Waals surface area (Å²) in [5.41, 5.74) is 7.70. The number of rotatable bonds is 5. The molecule has 4 nitrogen and oxygen atoms in total. The second-order valence-corrected chi connectivity index (χ2v) is 3.61. The molecule has 3 N–H and O–H groups in total. The standard InChI is InChI=1S/C11H19N3O/c1-8(15-3)11(13-2)6-9-7-14-5-4-10(9)12/h4-5,7-8,11,13H,6H2,1-3H3,(H2,12,14). The third kappa shape index (κ3) is 3.18. The van der Waals surface area contributed by atoms with Crippen LogP contribution in [0.1, 0.15) is 12.5 Å². The van der Waals surface area contributed by atoms with E-state index in [1.165, 1.54) is 0 Å². The first-order valence-electron chi connectivity index (χ1n) is 5.07. The van der Waals surface area contributed by atoms with Crippen LogP contribution in [0.3, 0.4) is 0 Å². The van der Waals surface area contributed by atoms with E-state index in [0.29, 0.717) is 0 Å². The normalized spacial score (nSPS) is 14.9. The maximum atomic E-state index is 5.86. The van der Waals surface area contributed by atoms with Crippen molar-refractivity contribution < 1.29 is 4.74 Å². The number of likely N-dealkylation sites (N-methyl/N-ethyl adjacent to an activating group) is 1. The van der Waals surface area contributed by atoms with Crippen molar-refractivity contribution in [2.45, 2.75) is 25.5 Å². The van der Waals surface area contributed by atoms with Gasteiger partial charge in [0.15, 0.2) is 0 Å². The third-order valence-corrected chi connectivity index (χ3v) is 2.69. The van der Waals surface area contributed by atoms with Gasteiger partial charge in [-0.3, -0.25) is 4.98 Å². The van der Waals surface area contributed by atoms with Crippen molar-refractivity contribution in [1.82, 2.24) is 10.3 Å². The number of nitrogens with two attached hydrogens (primary N) is 1. The molecule has 1 heterocycles. The van der Waals surface area contributed by atoms with Crippen LogP contribution in [0.4, 0.5) is 5.69 Å². The van der Waals surface area contributed by atoms with Crippen molar-refractivity contribution in [3.8, 4) is 0 Å². The van der Waals surface area contributed by atoms with Crippen molar-refractivity contribution in [2.75, 3.05) is 19.9 Å². The fourth-order valence-corrected chi connectivity index (χ4v) is 1.51. The Hall–Kier alpha value is -1.13. The molecule has 1 rings (SSSR count). The van der Waals surface area contributed by atoms with E-state index in [1.807, 2.05) is 26.2 Å². The lowest BCUT2D eigenvalue weighted by Crippen LogP contribution is -2.39. The van der Waals surface area contributed by atoms with Gasteiger partial charge in [0, 0.05) is 31.2 Å². The summed E-state index contributed by atoms with van der Waals surface area (Å²) in [5.74, 6) is 0. The van der Waals surface area contributed by atoms with Crippen LogP contribution < -0.4 is 11.1 Å². The summed E-state index contributed by atoms with van der Waals surface area (Å²) in [7, 11) is 3.63. The zero-order valence-electron chi connectivity index (χ0n) is 9.53. The fraction of sp³-hybridized carbons (Fsp3) is 0.545. The molecule has 0 aliphatic heterocycles. The van der Waals surface area contributed by atoms with Gasteiger partial charge < -0.3 is 15.8 Å². The number of aromatic nitrogens is 1. The zero-order valence-corrected chi connectivity index (χ0v) is 9.53. The quantitative estimate of drug-likeness (QED) is 0.754. The van der Waals surface area contributed by atoms with E-state index in [0.717, 1.165) is 17.7 Å². The van der Waals surface area contributed by atoms with Crippen molar-refractivity contribution >= 4 is 5.69 Å². The Morgan fingerprint density at radius 2 is 2.33 bits per heavy atom. The number of nitrogens with zero attached hydrogens (tertiary/aromatic N) is 1. The van der Waals surface area contributed by atoms with Gasteiger partial charge in [-0.05, 0) is 32.0 Å². The largest absolute Gasteiger partial charge is 0.398 e. The number of methoxy groups -OCH3 is 1. The minimum Gasteiger partial charge on any atom is -0.398 e. The molecule has 1 aromatic rings. The lowest BCUT2D eigenvalue weighted by atomic mass is 10.0. The van der Waals surface area contributed by atoms with Crippen LogP contribution in [0.2, 0.25) is 0 Å². The summed E-state index contributed by atoms with van der Waals surface area (Å²) in [4.78, 5) is 4.07. The van der Waals surface area contributed by atoms with E-state index < -0.39 is 0 Å². The van der Waals surface area contributed by atoms with Crippen molar-refractivity contribution in [1.29, 1.82) is 0 Å². The van der Waals surface area contributed by atoms with Crippen LogP contribution in [0, 0.1) is 0 Å². The average Bonchev–Trinajstić information content (AvgIpc) is 2.27. The Morgan fingerprint density at radius 3 is 2.87 bits per heavy atom. The highest BCUT2D eigenvalue weighted by molar-refractivity contribution is 5.44. The molecule has 0 amide bonds. The van der Waals surface area contributed by atoms with Gasteiger partial charge in [0.25, 0.3) is 0 Å². The summed E-state index contributed by atoms with van der Waals surface area (Å²) < 4.78 is 5.29. The fourth-order valence-electron chi connectivity index (χ4n) is 1.51. The van der Waals surface area contributed by atoms with Crippen LogP contribution in [0.5, 0.6) is 0 Å². The smallest absolute Gasteiger partial charge is 0.0699 e. The lowest BCUT2D eigenvalue weighted by molar-refractivity contribution is 0.0857. The second-order valence-electron chi connectivity index (χ2n) is 3.61. The first-order valence-corrected chi connectivity index (χ1v) is 5.07. The zero-order chi connectivity index (χ0) is 11.3. The van der Waals surface area contributed by atoms with Gasteiger partial charge in [0.05, 0.1) is 6.10 Å². The minimum absolute atomic E-state index is 0.148. The van der Waals surface area contributed by atoms with Gasteiger partial charge >= 0.3 is 0 Å². The van der Waals surface area contributed by atoms with Gasteiger partial charge in [-0.15, -0.1) is 0 Å². The van der Waals surface area contributed by atoms with E-state index in [4.69, 9.17) is 10.5 Å². The first kappa shape index (κ1) is 11.9. The molecule has 2 unspecified atom stereocenters. The third-order valence-electron chi connectivity index (χ3n) is 2.69. The molecule has 0 saturated carbocycles. The highest BCUT2D eigenvalue weighted by Crippen LogP contribution is 2.13. The van der Waals surface area contributed by atoms with Crippen LogP contribution in [0.15, 0.2) is 18.5 Å². The number of anilines is 1. The average molecular weight is 209 g/mol. The van der Waals surface area contributed by atoms with Gasteiger partial charge in [-0.2, -0.15) is 0 Å². The van der Waals surface area contributed by atoms with Crippen LogP contribution in [-0.4, -0.2) is 31.3 Å². The number of hydrogen-bond donors (Lipinski definition) is 2. The number of ether oxygens (including phenoxy) is 1. The van der Waals surface area contributed by atoms with Gasteiger partial charge in [-0.25, -0.2) is 0 Å². The Labute approximate surface area is 90.8 Å². The van der Waals surface area contributed by atoms with Crippen molar-refractivity contribution in [3.63, 3.8) is 0 Å². The Morgan fingerprint density at radius 1 is 1.60 bits per heavy atom. The molecule has 84 valence electrons. The predicted molar refractivity (Wildman–Crippen MR) is 61.7 cm³/mol. The SMILES string of the molecule is CNC(Cc1cnccc1N)C(C)OC. The molecule has 0 aliphatic rings. The molecule has 4 heteroatoms. The topological polar surface area (TPSA) is 60.2 Å². The summed E-state index contributed by atoms with van der Waals surface area (Å²) >= 11 is 0. The van der Waals surface area contributed by atoms with E-state index in [1.54, 1.807) is 13.3 Å². The van der Waals surface area contributed by atoms with E-state index in [-0.39, 0.29) is 12.1 Å². The summed E-state index contributed by atoms with van der Waals surface area (Å²) in [6, 6.07) is 2.07. The Kier molecular flexibility index (Phi) is 4.52. The van der Waals surface area contributed by atoms with E-state index >= 15 is 0 Å². The van der Waals surface area contributed by atoms with Crippen molar-refractivity contribution in [2.24, 2.45) is 0 Å². The number of nitrogen functional groups attached to an aromatic ring is 1. The molecule has 0 radical (unpaired) electrons. The van der Waals surface area contributed by atoms with Gasteiger partial charge in [0.2, 0.25) is 0 Å². The maximum Gasteiger partial charge on any atom is 0.0699 e. The Balaban J connectivity index is 2.71. The molecule has 0 aromatic carbocycles. The summed E-state index contributed by atoms with van der Waals surface area (Å²) in [6.07, 6.45) is 4.48. The summed E-state index contributed by atoms with van der Waals surface area (Å²) in [6.45, 7) is 2.04. The molecule has 0 aliphatic carbocycles. The molecule has 2 atom stereocenters. The number of pyridine rings is 1. The predicted octanol–water partition coefficient (Wildman–Crippen LogP) is 0.829. The first-order chi connectivity index (χ1) is 7.19. The highest BCUT2D eigenvalue weighted by Gasteiger charge is 2.16. The second kappa shape index (κ2) is 5.68. The molecule has 1 aromatic heterocycles. The molecule has 0 saturated heterocycles. The molecule has 15 heavy (non-hydrogen) atoms. The Bertz CT molecular complexity index is 304. The maximum absolute atomic E-state index is 5.86. The molecule has 0 bridgehead atoms. The van der Waals surface area contributed by atoms with Crippen LogP contribution in [0.25, 0.3) is 0 Å². The molecular formula is C11H19N3O. The summed E-state index contributed by atoms with van der Waals surface area (Å²) in [5, 5.41) is 3.22. The van der Waals surface area contributed by atoms with Gasteiger partial charge in [0.1, 0.15) is 0 Å². The molecule has 0 fully saturated rings. The molecule has 0 spiro atoms. The number of hydrogen-bond acceptors (Lipinski definition) is 4. The van der Waals surface area contributed by atoms with Crippen LogP contribution >= 0.6 is 0 Å². The van der Waals surface area contributed by atoms with E-state index in [9.17, 15) is 0 Å². The van der Waals surface area contributed by atoms with E-state index in [2.05, 4.69) is 10.3 Å². The molecular weight excluding hydrogens is 190 g/mol. The highest BCUT2D eigenvalue weighted by atomic mass is 16.5. The van der Waals surface area contributed by atoms with Crippen LogP contribution in [-0.2, 0) is 11.2 Å². The number of nitrogens with one attached hydrogen (secondary N) is 1. The van der Waals surface area contributed by atoms with Gasteiger partial charge in [-0.1, -0.05) is 0 Å². The van der Waals surface area contributed by atoms with Crippen molar-refractivity contribution in [3.05, 3.63) is 24.0 Å². The lowest BCUT2D eigenvalue weighted by Gasteiger charge is -2.22. The minimum atomic E-state index is 0.148.